The first kappa shape index (κ1) is 24.9. The van der Waals surface area contributed by atoms with Gasteiger partial charge in [-0.1, -0.05) is 0 Å². The summed E-state index contributed by atoms with van der Waals surface area (Å²) in [5.74, 6) is -0.473. The standard InChI is InChI=1S/C30H28F2N4O3/c1-33-29(37)27-22-14-21(24(35(2)3)15-26(22)38-28(27)17-6-8-19(31)9-7-17)18-5-4-12-36(16-18)30-34-23-13-20(32)10-11-25(23)39-30/h6-11,13-15,18H,4-5,12,16H2,1-3H3,(H,33,37)/t18-/m0/s1. The monoisotopic (exact) mass is 530 g/mol. The lowest BCUT2D eigenvalue weighted by Gasteiger charge is -2.33. The summed E-state index contributed by atoms with van der Waals surface area (Å²) in [6.45, 7) is 1.43. The van der Waals surface area contributed by atoms with Gasteiger partial charge in [-0.25, -0.2) is 8.78 Å². The van der Waals surface area contributed by atoms with E-state index in [0.717, 1.165) is 30.6 Å². The molecule has 1 N–H and O–H groups in total. The van der Waals surface area contributed by atoms with Crippen molar-refractivity contribution in [3.8, 4) is 11.3 Å². The minimum Gasteiger partial charge on any atom is -0.455 e. The van der Waals surface area contributed by atoms with Crippen molar-refractivity contribution >= 4 is 39.7 Å². The second-order valence-electron chi connectivity index (χ2n) is 10.1. The zero-order valence-electron chi connectivity index (χ0n) is 21.9. The molecule has 3 heterocycles. The van der Waals surface area contributed by atoms with Crippen molar-refractivity contribution in [2.45, 2.75) is 18.8 Å². The highest BCUT2D eigenvalue weighted by Gasteiger charge is 2.29. The van der Waals surface area contributed by atoms with Crippen molar-refractivity contribution < 1.29 is 22.4 Å². The number of hydrogen-bond acceptors (Lipinski definition) is 6. The van der Waals surface area contributed by atoms with Gasteiger partial charge >= 0.3 is 0 Å². The molecule has 5 aromatic rings. The topological polar surface area (TPSA) is 74.8 Å². The van der Waals surface area contributed by atoms with Gasteiger partial charge in [0.25, 0.3) is 11.9 Å². The highest BCUT2D eigenvalue weighted by Crippen LogP contribution is 2.41. The van der Waals surface area contributed by atoms with Crippen molar-refractivity contribution in [3.63, 3.8) is 0 Å². The number of halogens is 2. The normalized spacial score (nSPS) is 15.7. The van der Waals surface area contributed by atoms with Crippen molar-refractivity contribution in [3.05, 3.63) is 77.4 Å². The molecule has 2 aromatic heterocycles. The molecule has 0 radical (unpaired) electrons. The van der Waals surface area contributed by atoms with Crippen LogP contribution in [0.4, 0.5) is 20.5 Å². The molecule has 0 aliphatic carbocycles. The summed E-state index contributed by atoms with van der Waals surface area (Å²) >= 11 is 0. The predicted molar refractivity (Wildman–Crippen MR) is 147 cm³/mol. The van der Waals surface area contributed by atoms with Crippen molar-refractivity contribution in [1.82, 2.24) is 10.3 Å². The number of nitrogens with zero attached hydrogens (tertiary/aromatic N) is 3. The zero-order chi connectivity index (χ0) is 27.3. The summed E-state index contributed by atoms with van der Waals surface area (Å²) in [7, 11) is 5.53. The Morgan fingerprint density at radius 1 is 1.03 bits per heavy atom. The molecule has 1 saturated heterocycles. The van der Waals surface area contributed by atoms with E-state index in [4.69, 9.17) is 8.83 Å². The van der Waals surface area contributed by atoms with Crippen LogP contribution in [0.15, 0.2) is 63.4 Å². The van der Waals surface area contributed by atoms with E-state index in [-0.39, 0.29) is 23.5 Å². The van der Waals surface area contributed by atoms with E-state index in [1.165, 1.54) is 24.3 Å². The highest BCUT2D eigenvalue weighted by molar-refractivity contribution is 6.11. The molecule has 39 heavy (non-hydrogen) atoms. The van der Waals surface area contributed by atoms with Crippen molar-refractivity contribution in [1.29, 1.82) is 0 Å². The Hall–Kier alpha value is -4.40. The van der Waals surface area contributed by atoms with E-state index >= 15 is 0 Å². The number of amides is 1. The van der Waals surface area contributed by atoms with E-state index in [0.29, 0.717) is 51.5 Å². The number of oxazole rings is 1. The predicted octanol–water partition coefficient (Wildman–Crippen LogP) is 6.33. The molecule has 1 aliphatic rings. The fourth-order valence-corrected chi connectivity index (χ4v) is 5.45. The molecule has 6 rings (SSSR count). The maximum atomic E-state index is 13.7. The summed E-state index contributed by atoms with van der Waals surface area (Å²) in [5.41, 5.74) is 4.71. The molecule has 0 spiro atoms. The number of furan rings is 1. The Morgan fingerprint density at radius 2 is 1.79 bits per heavy atom. The number of carbonyl (C=O) groups is 1. The summed E-state index contributed by atoms with van der Waals surface area (Å²) < 4.78 is 39.5. The number of hydrogen-bond donors (Lipinski definition) is 1. The first-order valence-corrected chi connectivity index (χ1v) is 12.9. The van der Waals surface area contributed by atoms with E-state index in [2.05, 4.69) is 15.2 Å². The molecule has 9 heteroatoms. The van der Waals surface area contributed by atoms with Gasteiger partial charge in [-0.15, -0.1) is 0 Å². The zero-order valence-corrected chi connectivity index (χ0v) is 21.9. The van der Waals surface area contributed by atoms with Crippen molar-refractivity contribution in [2.24, 2.45) is 0 Å². The quantitative estimate of drug-likeness (QED) is 0.286. The maximum Gasteiger partial charge on any atom is 0.298 e. The maximum absolute atomic E-state index is 13.7. The van der Waals surface area contributed by atoms with E-state index in [1.54, 1.807) is 25.2 Å². The lowest BCUT2D eigenvalue weighted by Crippen LogP contribution is -2.35. The average molecular weight is 531 g/mol. The third-order valence-electron chi connectivity index (χ3n) is 7.35. The van der Waals surface area contributed by atoms with Gasteiger partial charge in [0.1, 0.15) is 28.5 Å². The van der Waals surface area contributed by atoms with Crippen LogP contribution in [0, 0.1) is 11.6 Å². The first-order valence-electron chi connectivity index (χ1n) is 12.9. The van der Waals surface area contributed by atoms with Crippen LogP contribution in [-0.2, 0) is 0 Å². The Morgan fingerprint density at radius 3 is 2.54 bits per heavy atom. The number of carbonyl (C=O) groups excluding carboxylic acids is 1. The minimum absolute atomic E-state index is 0.119. The first-order chi connectivity index (χ1) is 18.8. The largest absolute Gasteiger partial charge is 0.455 e. The van der Waals surface area contributed by atoms with Crippen molar-refractivity contribution in [2.75, 3.05) is 44.0 Å². The van der Waals surface area contributed by atoms with E-state index in [9.17, 15) is 13.6 Å². The molecule has 7 nitrogen and oxygen atoms in total. The van der Waals surface area contributed by atoms with Gasteiger partial charge in [0.15, 0.2) is 5.58 Å². The Labute approximate surface area is 224 Å². The molecule has 200 valence electrons. The molecular formula is C30H28F2N4O3. The van der Waals surface area contributed by atoms with Crippen LogP contribution in [0.25, 0.3) is 33.4 Å². The number of aromatic nitrogens is 1. The van der Waals surface area contributed by atoms with Crippen LogP contribution in [-0.4, -0.2) is 45.1 Å². The van der Waals surface area contributed by atoms with Gasteiger partial charge in [0.2, 0.25) is 0 Å². The van der Waals surface area contributed by atoms with Crippen LogP contribution < -0.4 is 15.1 Å². The Bertz CT molecular complexity index is 1690. The average Bonchev–Trinajstić information content (AvgIpc) is 3.53. The second-order valence-corrected chi connectivity index (χ2v) is 10.1. The molecule has 1 aliphatic heterocycles. The fourth-order valence-electron chi connectivity index (χ4n) is 5.45. The van der Waals surface area contributed by atoms with Crippen LogP contribution >= 0.6 is 0 Å². The number of piperidine rings is 1. The number of nitrogens with one attached hydrogen (secondary N) is 1. The number of fused-ring (bicyclic) bond motifs is 2. The molecule has 1 atom stereocenters. The minimum atomic E-state index is -0.362. The highest BCUT2D eigenvalue weighted by atomic mass is 19.1. The third-order valence-corrected chi connectivity index (χ3v) is 7.35. The number of anilines is 2. The van der Waals surface area contributed by atoms with Crippen LogP contribution in [0.5, 0.6) is 0 Å². The summed E-state index contributed by atoms with van der Waals surface area (Å²) in [6.07, 6.45) is 1.85. The Kier molecular flexibility index (Phi) is 6.21. The number of rotatable bonds is 5. The van der Waals surface area contributed by atoms with Gasteiger partial charge < -0.3 is 24.0 Å². The molecule has 0 bridgehead atoms. The van der Waals surface area contributed by atoms with Crippen LogP contribution in [0.3, 0.4) is 0 Å². The Balaban J connectivity index is 1.44. The molecule has 0 unspecified atom stereocenters. The lowest BCUT2D eigenvalue weighted by atomic mass is 9.88. The summed E-state index contributed by atoms with van der Waals surface area (Å²) in [4.78, 5) is 21.8. The van der Waals surface area contributed by atoms with Gasteiger partial charge in [0, 0.05) is 68.9 Å². The van der Waals surface area contributed by atoms with Gasteiger partial charge in [0.05, 0.1) is 5.56 Å². The SMILES string of the molecule is CNC(=O)c1c(-c2ccc(F)cc2)oc2cc(N(C)C)c([C@H]3CCCN(c4nc5cc(F)ccc5o4)C3)cc12. The van der Waals surface area contributed by atoms with Gasteiger partial charge in [-0.3, -0.25) is 4.79 Å². The van der Waals surface area contributed by atoms with E-state index in [1.807, 2.05) is 31.1 Å². The molecule has 0 saturated carbocycles. The fraction of sp³-hybridized carbons (Fsp3) is 0.267. The lowest BCUT2D eigenvalue weighted by molar-refractivity contribution is 0.0964. The van der Waals surface area contributed by atoms with Crippen LogP contribution in [0.1, 0.15) is 34.7 Å². The summed E-state index contributed by atoms with van der Waals surface area (Å²) in [6, 6.07) is 14.7. The molecular weight excluding hydrogens is 502 g/mol. The molecule has 1 amide bonds. The third kappa shape index (κ3) is 4.47. The summed E-state index contributed by atoms with van der Waals surface area (Å²) in [5, 5.41) is 3.42. The number of benzene rings is 3. The van der Waals surface area contributed by atoms with Gasteiger partial charge in [-0.05, 0) is 60.9 Å². The molecule has 3 aromatic carbocycles. The van der Waals surface area contributed by atoms with Gasteiger partial charge in [-0.2, -0.15) is 4.98 Å². The van der Waals surface area contributed by atoms with Crippen LogP contribution in [0.2, 0.25) is 0 Å². The molecule has 1 fully saturated rings. The smallest absolute Gasteiger partial charge is 0.298 e. The van der Waals surface area contributed by atoms with E-state index < -0.39 is 0 Å². The second kappa shape index (κ2) is 9.72.